The Hall–Kier alpha value is -1.69. The van der Waals surface area contributed by atoms with E-state index in [2.05, 4.69) is 65.0 Å². The van der Waals surface area contributed by atoms with Crippen LogP contribution in [0.4, 0.5) is 0 Å². The Kier molecular flexibility index (Phi) is 4.88. The average Bonchev–Trinajstić information content (AvgIpc) is 3.31. The minimum absolute atomic E-state index is 0.455. The van der Waals surface area contributed by atoms with Crippen molar-refractivity contribution in [2.45, 2.75) is 39.3 Å². The SMILES string of the molecule is Cc1cn2c(CNCC(c3ccccc3)N3CCCC3)c(C)nc2s1. The smallest absolute Gasteiger partial charge is 0.194 e. The summed E-state index contributed by atoms with van der Waals surface area (Å²) in [6, 6.07) is 11.4. The Bertz CT molecular complexity index is 830. The number of imidazole rings is 1. The molecule has 3 heterocycles. The van der Waals surface area contributed by atoms with Crippen molar-refractivity contribution in [2.75, 3.05) is 19.6 Å². The maximum atomic E-state index is 4.70. The van der Waals surface area contributed by atoms with Gasteiger partial charge in [-0.3, -0.25) is 9.30 Å². The van der Waals surface area contributed by atoms with Crippen molar-refractivity contribution in [2.24, 2.45) is 0 Å². The van der Waals surface area contributed by atoms with Gasteiger partial charge in [-0.2, -0.15) is 0 Å². The molecule has 4 rings (SSSR count). The molecule has 0 bridgehead atoms. The highest BCUT2D eigenvalue weighted by atomic mass is 32.1. The zero-order chi connectivity index (χ0) is 17.2. The van der Waals surface area contributed by atoms with E-state index in [0.29, 0.717) is 6.04 Å². The molecular formula is C20H26N4S. The van der Waals surface area contributed by atoms with E-state index in [-0.39, 0.29) is 0 Å². The van der Waals surface area contributed by atoms with Gasteiger partial charge in [-0.15, -0.1) is 11.3 Å². The second kappa shape index (κ2) is 7.28. The van der Waals surface area contributed by atoms with Crippen LogP contribution in [-0.2, 0) is 6.54 Å². The van der Waals surface area contributed by atoms with Gasteiger partial charge >= 0.3 is 0 Å². The molecule has 1 aromatic carbocycles. The zero-order valence-corrected chi connectivity index (χ0v) is 15.9. The Labute approximate surface area is 153 Å². The van der Waals surface area contributed by atoms with Gasteiger partial charge in [0.2, 0.25) is 0 Å². The van der Waals surface area contributed by atoms with Crippen molar-refractivity contribution >= 4 is 16.3 Å². The fourth-order valence-corrected chi connectivity index (χ4v) is 4.73. The van der Waals surface area contributed by atoms with Crippen LogP contribution in [0.2, 0.25) is 0 Å². The third kappa shape index (κ3) is 3.50. The average molecular weight is 355 g/mol. The molecule has 1 unspecified atom stereocenters. The zero-order valence-electron chi connectivity index (χ0n) is 15.0. The third-order valence-electron chi connectivity index (χ3n) is 5.14. The van der Waals surface area contributed by atoms with E-state index in [0.717, 1.165) is 23.7 Å². The molecule has 1 saturated heterocycles. The molecule has 4 nitrogen and oxygen atoms in total. The summed E-state index contributed by atoms with van der Waals surface area (Å²) in [4.78, 5) is 9.73. The number of rotatable bonds is 6. The molecular weight excluding hydrogens is 328 g/mol. The summed E-state index contributed by atoms with van der Waals surface area (Å²) < 4.78 is 2.25. The summed E-state index contributed by atoms with van der Waals surface area (Å²) >= 11 is 1.76. The second-order valence-electron chi connectivity index (χ2n) is 6.94. The first-order valence-corrected chi connectivity index (χ1v) is 9.97. The van der Waals surface area contributed by atoms with E-state index in [4.69, 9.17) is 4.98 Å². The lowest BCUT2D eigenvalue weighted by Gasteiger charge is -2.28. The number of benzene rings is 1. The van der Waals surface area contributed by atoms with Crippen LogP contribution in [0.25, 0.3) is 4.96 Å². The standard InChI is InChI=1S/C20H26N4S/c1-15-14-24-18(16(2)22-20(24)25-15)12-21-13-19(23-10-6-7-11-23)17-8-4-3-5-9-17/h3-5,8-9,14,19,21H,6-7,10-13H2,1-2H3. The summed E-state index contributed by atoms with van der Waals surface area (Å²) in [6.45, 7) is 8.51. The van der Waals surface area contributed by atoms with E-state index in [1.54, 1.807) is 11.3 Å². The fourth-order valence-electron chi connectivity index (χ4n) is 3.84. The first kappa shape index (κ1) is 16.8. The van der Waals surface area contributed by atoms with E-state index >= 15 is 0 Å². The maximum absolute atomic E-state index is 4.70. The van der Waals surface area contributed by atoms with Crippen molar-refractivity contribution in [3.63, 3.8) is 0 Å². The molecule has 25 heavy (non-hydrogen) atoms. The number of hydrogen-bond donors (Lipinski definition) is 1. The van der Waals surface area contributed by atoms with Crippen LogP contribution >= 0.6 is 11.3 Å². The number of fused-ring (bicyclic) bond motifs is 1. The number of aromatic nitrogens is 2. The molecule has 3 aromatic rings. The molecule has 1 atom stereocenters. The molecule has 1 aliphatic heterocycles. The van der Waals surface area contributed by atoms with Crippen LogP contribution < -0.4 is 5.32 Å². The van der Waals surface area contributed by atoms with Gasteiger partial charge in [-0.1, -0.05) is 30.3 Å². The molecule has 0 saturated carbocycles. The summed E-state index contributed by atoms with van der Waals surface area (Å²) in [5.41, 5.74) is 3.84. The van der Waals surface area contributed by atoms with Crippen LogP contribution in [-0.4, -0.2) is 33.9 Å². The van der Waals surface area contributed by atoms with E-state index in [9.17, 15) is 0 Å². The molecule has 1 fully saturated rings. The molecule has 0 spiro atoms. The van der Waals surface area contributed by atoms with E-state index in [1.165, 1.54) is 42.1 Å². The monoisotopic (exact) mass is 354 g/mol. The highest BCUT2D eigenvalue weighted by molar-refractivity contribution is 7.17. The predicted octanol–water partition coefficient (Wildman–Crippen LogP) is 3.94. The molecule has 1 N–H and O–H groups in total. The molecule has 0 aliphatic carbocycles. The number of nitrogens with one attached hydrogen (secondary N) is 1. The number of thiazole rings is 1. The Morgan fingerprint density at radius 3 is 2.68 bits per heavy atom. The quantitative estimate of drug-likeness (QED) is 0.728. The van der Waals surface area contributed by atoms with Crippen LogP contribution in [0.1, 0.15) is 40.7 Å². The summed E-state index contributed by atoms with van der Waals surface area (Å²) in [5.74, 6) is 0. The summed E-state index contributed by atoms with van der Waals surface area (Å²) in [7, 11) is 0. The van der Waals surface area contributed by atoms with E-state index in [1.807, 2.05) is 0 Å². The lowest BCUT2D eigenvalue weighted by molar-refractivity contribution is 0.238. The largest absolute Gasteiger partial charge is 0.309 e. The highest BCUT2D eigenvalue weighted by Gasteiger charge is 2.23. The molecule has 132 valence electrons. The van der Waals surface area contributed by atoms with Crippen LogP contribution in [0, 0.1) is 13.8 Å². The van der Waals surface area contributed by atoms with Crippen molar-refractivity contribution in [1.82, 2.24) is 19.6 Å². The van der Waals surface area contributed by atoms with Gasteiger partial charge in [0.25, 0.3) is 0 Å². The highest BCUT2D eigenvalue weighted by Crippen LogP contribution is 2.25. The van der Waals surface area contributed by atoms with Gasteiger partial charge in [0.1, 0.15) is 0 Å². The lowest BCUT2D eigenvalue weighted by atomic mass is 10.1. The molecule has 0 radical (unpaired) electrons. The number of nitrogens with zero attached hydrogens (tertiary/aromatic N) is 3. The van der Waals surface area contributed by atoms with Gasteiger partial charge in [0, 0.05) is 30.2 Å². The van der Waals surface area contributed by atoms with Crippen LogP contribution in [0.3, 0.4) is 0 Å². The first-order chi connectivity index (χ1) is 12.2. The number of likely N-dealkylation sites (tertiary alicyclic amines) is 1. The molecule has 0 amide bonds. The molecule has 2 aromatic heterocycles. The van der Waals surface area contributed by atoms with E-state index < -0.39 is 0 Å². The van der Waals surface area contributed by atoms with Crippen LogP contribution in [0.5, 0.6) is 0 Å². The second-order valence-corrected chi connectivity index (χ2v) is 8.15. The third-order valence-corrected chi connectivity index (χ3v) is 6.03. The minimum Gasteiger partial charge on any atom is -0.309 e. The number of aryl methyl sites for hydroxylation is 2. The fraction of sp³-hybridized carbons (Fsp3) is 0.450. The Balaban J connectivity index is 1.48. The Morgan fingerprint density at radius 1 is 1.16 bits per heavy atom. The van der Waals surface area contributed by atoms with Crippen molar-refractivity contribution in [3.8, 4) is 0 Å². The number of hydrogen-bond acceptors (Lipinski definition) is 4. The maximum Gasteiger partial charge on any atom is 0.194 e. The predicted molar refractivity (Wildman–Crippen MR) is 104 cm³/mol. The molecule has 5 heteroatoms. The topological polar surface area (TPSA) is 32.6 Å². The van der Waals surface area contributed by atoms with Gasteiger partial charge < -0.3 is 5.32 Å². The lowest BCUT2D eigenvalue weighted by Crippen LogP contribution is -2.34. The Morgan fingerprint density at radius 2 is 1.92 bits per heavy atom. The summed E-state index contributed by atoms with van der Waals surface area (Å²) in [6.07, 6.45) is 4.84. The van der Waals surface area contributed by atoms with Crippen molar-refractivity contribution < 1.29 is 0 Å². The van der Waals surface area contributed by atoms with Gasteiger partial charge in [-0.05, 0) is 45.3 Å². The first-order valence-electron chi connectivity index (χ1n) is 9.16. The van der Waals surface area contributed by atoms with Crippen LogP contribution in [0.15, 0.2) is 36.5 Å². The van der Waals surface area contributed by atoms with Crippen molar-refractivity contribution in [3.05, 3.63) is 58.4 Å². The van der Waals surface area contributed by atoms with Crippen molar-refractivity contribution in [1.29, 1.82) is 0 Å². The minimum atomic E-state index is 0.455. The van der Waals surface area contributed by atoms with Gasteiger partial charge in [0.15, 0.2) is 4.96 Å². The molecule has 1 aliphatic rings. The van der Waals surface area contributed by atoms with Gasteiger partial charge in [0.05, 0.1) is 11.4 Å². The summed E-state index contributed by atoms with van der Waals surface area (Å²) in [5, 5.41) is 3.71. The van der Waals surface area contributed by atoms with Gasteiger partial charge in [-0.25, -0.2) is 4.98 Å². The normalized spacial score (nSPS) is 16.7.